The molecule has 0 spiro atoms. The second-order valence-electron chi connectivity index (χ2n) is 7.55. The van der Waals surface area contributed by atoms with E-state index >= 15 is 0 Å². The minimum atomic E-state index is -0.652. The zero-order valence-corrected chi connectivity index (χ0v) is 18.9. The molecule has 2 aromatic carbocycles. The van der Waals surface area contributed by atoms with Crippen molar-refractivity contribution in [2.75, 3.05) is 44.2 Å². The van der Waals surface area contributed by atoms with Gasteiger partial charge in [-0.25, -0.2) is 4.98 Å². The van der Waals surface area contributed by atoms with Crippen LogP contribution in [0.15, 0.2) is 60.7 Å². The van der Waals surface area contributed by atoms with E-state index < -0.39 is 5.38 Å². The number of carbonyl (C=O) groups is 1. The first-order chi connectivity index (χ1) is 15.2. The third-order valence-electron chi connectivity index (χ3n) is 5.35. The summed E-state index contributed by atoms with van der Waals surface area (Å²) >= 11 is 7.75. The maximum Gasteiger partial charge on any atom is 0.242 e. The van der Waals surface area contributed by atoms with Gasteiger partial charge in [0.2, 0.25) is 11.0 Å². The molecule has 2 heterocycles. The van der Waals surface area contributed by atoms with Gasteiger partial charge in [-0.05, 0) is 11.1 Å². The van der Waals surface area contributed by atoms with Crippen LogP contribution in [0.25, 0.3) is 0 Å². The topological polar surface area (TPSA) is 61.4 Å². The molecule has 0 bridgehead atoms. The van der Waals surface area contributed by atoms with Crippen LogP contribution in [-0.2, 0) is 11.2 Å². The van der Waals surface area contributed by atoms with Gasteiger partial charge in [-0.3, -0.25) is 9.69 Å². The van der Waals surface area contributed by atoms with E-state index in [0.717, 1.165) is 55.7 Å². The highest BCUT2D eigenvalue weighted by Gasteiger charge is 2.21. The summed E-state index contributed by atoms with van der Waals surface area (Å²) in [5.41, 5.74) is 2.05. The second kappa shape index (κ2) is 10.7. The minimum Gasteiger partial charge on any atom is -0.353 e. The average molecular weight is 456 g/mol. The number of hydrogen-bond donors (Lipinski definition) is 1. The number of piperazine rings is 1. The zero-order valence-electron chi connectivity index (χ0n) is 17.3. The normalized spacial score (nSPS) is 15.6. The van der Waals surface area contributed by atoms with Crippen molar-refractivity contribution >= 4 is 34.2 Å². The van der Waals surface area contributed by atoms with Crippen molar-refractivity contribution in [3.63, 3.8) is 0 Å². The molecule has 4 rings (SSSR count). The number of anilines is 1. The molecule has 3 aromatic rings. The molecule has 31 heavy (non-hydrogen) atoms. The van der Waals surface area contributed by atoms with Crippen molar-refractivity contribution in [3.8, 4) is 0 Å². The van der Waals surface area contributed by atoms with Gasteiger partial charge in [0.25, 0.3) is 0 Å². The van der Waals surface area contributed by atoms with Gasteiger partial charge in [-0.1, -0.05) is 60.7 Å². The summed E-state index contributed by atoms with van der Waals surface area (Å²) in [5, 5.41) is 3.29. The molecule has 1 N–H and O–H groups in total. The Kier molecular flexibility index (Phi) is 7.51. The van der Waals surface area contributed by atoms with Crippen LogP contribution in [0.4, 0.5) is 5.13 Å². The van der Waals surface area contributed by atoms with Crippen LogP contribution in [0.3, 0.4) is 0 Å². The summed E-state index contributed by atoms with van der Waals surface area (Å²) in [6.45, 7) is 5.10. The van der Waals surface area contributed by atoms with E-state index in [1.54, 1.807) is 0 Å². The van der Waals surface area contributed by atoms with Crippen molar-refractivity contribution in [2.45, 2.75) is 11.8 Å². The maximum absolute atomic E-state index is 12.3. The molecule has 1 aliphatic heterocycles. The van der Waals surface area contributed by atoms with Crippen molar-refractivity contribution < 1.29 is 4.79 Å². The molecule has 1 fully saturated rings. The van der Waals surface area contributed by atoms with E-state index in [2.05, 4.69) is 31.6 Å². The lowest BCUT2D eigenvalue weighted by molar-refractivity contribution is -0.120. The number of amides is 1. The zero-order chi connectivity index (χ0) is 21.5. The summed E-state index contributed by atoms with van der Waals surface area (Å²) in [4.78, 5) is 21.7. The summed E-state index contributed by atoms with van der Waals surface area (Å²) < 4.78 is 4.53. The number of nitrogens with zero attached hydrogens (tertiary/aromatic N) is 4. The van der Waals surface area contributed by atoms with Crippen LogP contribution >= 0.6 is 23.1 Å². The molecule has 1 atom stereocenters. The van der Waals surface area contributed by atoms with Crippen LogP contribution in [0.1, 0.15) is 22.3 Å². The molecule has 1 amide bonds. The van der Waals surface area contributed by atoms with Gasteiger partial charge in [-0.2, -0.15) is 4.37 Å². The predicted molar refractivity (Wildman–Crippen MR) is 126 cm³/mol. The Morgan fingerprint density at radius 3 is 2.42 bits per heavy atom. The van der Waals surface area contributed by atoms with Crippen LogP contribution in [0.5, 0.6) is 0 Å². The van der Waals surface area contributed by atoms with Crippen LogP contribution in [-0.4, -0.2) is 59.4 Å². The molecule has 0 saturated carbocycles. The molecular weight excluding hydrogens is 430 g/mol. The first kappa shape index (κ1) is 21.7. The third kappa shape index (κ3) is 6.03. The van der Waals surface area contributed by atoms with Gasteiger partial charge in [-0.15, -0.1) is 11.6 Å². The molecule has 6 nitrogen and oxygen atoms in total. The van der Waals surface area contributed by atoms with E-state index in [9.17, 15) is 4.79 Å². The second-order valence-corrected chi connectivity index (χ2v) is 8.72. The van der Waals surface area contributed by atoms with Crippen LogP contribution < -0.4 is 10.2 Å². The Morgan fingerprint density at radius 2 is 1.71 bits per heavy atom. The van der Waals surface area contributed by atoms with Crippen molar-refractivity contribution in [1.29, 1.82) is 0 Å². The lowest BCUT2D eigenvalue weighted by atomic mass is 10.1. The van der Waals surface area contributed by atoms with E-state index in [4.69, 9.17) is 16.6 Å². The van der Waals surface area contributed by atoms with Crippen molar-refractivity contribution in [2.24, 2.45) is 0 Å². The SMILES string of the molecule is O=C(NCCN1CCN(c2nc(Cc3ccccc3)ns2)CC1)C(Cl)c1ccccc1. The van der Waals surface area contributed by atoms with E-state index in [1.165, 1.54) is 17.1 Å². The predicted octanol–water partition coefficient (Wildman–Crippen LogP) is 3.35. The Hall–Kier alpha value is -2.48. The van der Waals surface area contributed by atoms with E-state index in [0.29, 0.717) is 6.54 Å². The molecule has 1 saturated heterocycles. The summed E-state index contributed by atoms with van der Waals surface area (Å²) in [6, 6.07) is 19.7. The number of halogens is 1. The van der Waals surface area contributed by atoms with Crippen LogP contribution in [0.2, 0.25) is 0 Å². The third-order valence-corrected chi connectivity index (χ3v) is 6.62. The number of hydrogen-bond acceptors (Lipinski definition) is 6. The first-order valence-corrected chi connectivity index (χ1v) is 11.7. The smallest absolute Gasteiger partial charge is 0.242 e. The Morgan fingerprint density at radius 1 is 1.03 bits per heavy atom. The molecule has 1 aliphatic rings. The van der Waals surface area contributed by atoms with E-state index in [-0.39, 0.29) is 5.91 Å². The van der Waals surface area contributed by atoms with Gasteiger partial charge in [0.15, 0.2) is 0 Å². The molecule has 0 radical (unpaired) electrons. The van der Waals surface area contributed by atoms with Gasteiger partial charge in [0.05, 0.1) is 0 Å². The molecule has 1 unspecified atom stereocenters. The fraction of sp³-hybridized carbons (Fsp3) is 0.348. The standard InChI is InChI=1S/C23H26ClN5OS/c24-21(19-9-5-2-6-10-19)22(30)25-11-12-28-13-15-29(16-14-28)23-26-20(27-31-23)17-18-7-3-1-4-8-18/h1-10,21H,11-17H2,(H,25,30). The summed E-state index contributed by atoms with van der Waals surface area (Å²) in [5.74, 6) is 0.733. The Bertz CT molecular complexity index is 960. The van der Waals surface area contributed by atoms with Crippen LogP contribution in [0, 0.1) is 0 Å². The first-order valence-electron chi connectivity index (χ1n) is 10.5. The molecule has 1 aromatic heterocycles. The maximum atomic E-state index is 12.3. The molecule has 162 valence electrons. The van der Waals surface area contributed by atoms with Crippen molar-refractivity contribution in [3.05, 3.63) is 77.6 Å². The fourth-order valence-electron chi connectivity index (χ4n) is 3.59. The van der Waals surface area contributed by atoms with Gasteiger partial charge >= 0.3 is 0 Å². The number of alkyl halides is 1. The molecule has 8 heteroatoms. The average Bonchev–Trinajstić information content (AvgIpc) is 3.28. The Labute approximate surface area is 192 Å². The number of carbonyl (C=O) groups excluding carboxylic acids is 1. The monoisotopic (exact) mass is 455 g/mol. The highest BCUT2D eigenvalue weighted by molar-refractivity contribution is 7.09. The summed E-state index contributed by atoms with van der Waals surface area (Å²) in [7, 11) is 0. The minimum absolute atomic E-state index is 0.147. The lowest BCUT2D eigenvalue weighted by Crippen LogP contribution is -2.48. The number of nitrogens with one attached hydrogen (secondary N) is 1. The fourth-order valence-corrected chi connectivity index (χ4v) is 4.55. The molecular formula is C23H26ClN5OS. The molecule has 0 aliphatic carbocycles. The quantitative estimate of drug-likeness (QED) is 0.528. The van der Waals surface area contributed by atoms with E-state index in [1.807, 2.05) is 48.5 Å². The lowest BCUT2D eigenvalue weighted by Gasteiger charge is -2.34. The highest BCUT2D eigenvalue weighted by atomic mass is 35.5. The van der Waals surface area contributed by atoms with Crippen molar-refractivity contribution in [1.82, 2.24) is 19.6 Å². The number of rotatable bonds is 8. The number of benzene rings is 2. The summed E-state index contributed by atoms with van der Waals surface area (Å²) in [6.07, 6.45) is 0.765. The van der Waals surface area contributed by atoms with Gasteiger partial charge in [0, 0.05) is 57.2 Å². The number of aromatic nitrogens is 2. The largest absolute Gasteiger partial charge is 0.353 e. The highest BCUT2D eigenvalue weighted by Crippen LogP contribution is 2.21. The van der Waals surface area contributed by atoms with Gasteiger partial charge < -0.3 is 10.2 Å². The van der Waals surface area contributed by atoms with Gasteiger partial charge in [0.1, 0.15) is 11.2 Å². The Balaban J connectivity index is 1.18.